The Bertz CT molecular complexity index is 1210. The van der Waals surface area contributed by atoms with E-state index in [1.165, 1.54) is 10.9 Å². The fourth-order valence-corrected chi connectivity index (χ4v) is 3.39. The van der Waals surface area contributed by atoms with Crippen molar-refractivity contribution in [1.29, 1.82) is 0 Å². The van der Waals surface area contributed by atoms with Crippen LogP contribution in [0, 0.1) is 0 Å². The molecule has 0 aliphatic rings. The largest absolute Gasteiger partial charge is 0.370 e. The van der Waals surface area contributed by atoms with Gasteiger partial charge in [-0.05, 0) is 53.8 Å². The molecule has 0 aliphatic carbocycles. The second kappa shape index (κ2) is 8.13. The molecule has 30 heavy (non-hydrogen) atoms. The Hall–Kier alpha value is -4.06. The third-order valence-electron chi connectivity index (χ3n) is 4.92. The number of H-pyrrole nitrogens is 1. The molecule has 4 aromatic heterocycles. The lowest BCUT2D eigenvalue weighted by Gasteiger charge is -2.10. The lowest BCUT2D eigenvalue weighted by atomic mass is 10.1. The van der Waals surface area contributed by atoms with Crippen LogP contribution in [0.15, 0.2) is 85.5 Å². The van der Waals surface area contributed by atoms with Gasteiger partial charge in [0.15, 0.2) is 5.82 Å². The molecule has 0 saturated carbocycles. The van der Waals surface area contributed by atoms with Gasteiger partial charge in [-0.1, -0.05) is 18.2 Å². The number of aromatic nitrogens is 5. The van der Waals surface area contributed by atoms with Crippen LogP contribution in [-0.2, 0) is 6.42 Å². The van der Waals surface area contributed by atoms with Gasteiger partial charge in [0.1, 0.15) is 11.5 Å². The van der Waals surface area contributed by atoms with Crippen molar-refractivity contribution in [2.45, 2.75) is 6.42 Å². The first-order valence-corrected chi connectivity index (χ1v) is 9.86. The van der Waals surface area contributed by atoms with Crippen LogP contribution >= 0.6 is 0 Å². The first-order chi connectivity index (χ1) is 14.8. The summed E-state index contributed by atoms with van der Waals surface area (Å²) in [5.41, 5.74) is 4.92. The summed E-state index contributed by atoms with van der Waals surface area (Å²) in [5.74, 6) is 1.36. The lowest BCUT2D eigenvalue weighted by Crippen LogP contribution is -2.08. The molecule has 2 N–H and O–H groups in total. The number of nitrogens with one attached hydrogen (secondary N) is 2. The molecule has 0 bridgehead atoms. The Morgan fingerprint density at radius 3 is 2.73 bits per heavy atom. The molecule has 1 aromatic carbocycles. The minimum atomic E-state index is 0.590. The highest BCUT2D eigenvalue weighted by atomic mass is 15.0. The van der Waals surface area contributed by atoms with E-state index in [-0.39, 0.29) is 0 Å². The molecule has 0 spiro atoms. The van der Waals surface area contributed by atoms with E-state index in [4.69, 9.17) is 9.97 Å². The van der Waals surface area contributed by atoms with Crippen molar-refractivity contribution in [3.05, 3.63) is 91.0 Å². The average molecular weight is 392 g/mol. The Labute approximate surface area is 174 Å². The molecule has 0 unspecified atom stereocenters. The Morgan fingerprint density at radius 2 is 1.87 bits per heavy atom. The summed E-state index contributed by atoms with van der Waals surface area (Å²) in [6.07, 6.45) is 8.16. The number of fused-ring (bicyclic) bond motifs is 1. The topological polar surface area (TPSA) is 79.4 Å². The van der Waals surface area contributed by atoms with Gasteiger partial charge in [-0.25, -0.2) is 9.97 Å². The van der Waals surface area contributed by atoms with Crippen LogP contribution in [-0.4, -0.2) is 31.5 Å². The first-order valence-electron chi connectivity index (χ1n) is 9.86. The molecule has 146 valence electrons. The predicted octanol–water partition coefficient (Wildman–Crippen LogP) is 4.74. The second-order valence-corrected chi connectivity index (χ2v) is 6.99. The van der Waals surface area contributed by atoms with E-state index in [0.717, 1.165) is 41.3 Å². The summed E-state index contributed by atoms with van der Waals surface area (Å²) < 4.78 is 0. The van der Waals surface area contributed by atoms with Crippen LogP contribution in [0.5, 0.6) is 0 Å². The third-order valence-corrected chi connectivity index (χ3v) is 4.92. The molecule has 5 rings (SSSR count). The summed E-state index contributed by atoms with van der Waals surface area (Å²) in [4.78, 5) is 21.3. The number of benzene rings is 1. The first kappa shape index (κ1) is 18.0. The molecule has 0 aliphatic heterocycles. The van der Waals surface area contributed by atoms with Gasteiger partial charge in [0.05, 0.1) is 5.69 Å². The molecule has 0 fully saturated rings. The lowest BCUT2D eigenvalue weighted by molar-refractivity contribution is 1.00. The van der Waals surface area contributed by atoms with Crippen LogP contribution < -0.4 is 5.32 Å². The predicted molar refractivity (Wildman–Crippen MR) is 119 cm³/mol. The van der Waals surface area contributed by atoms with E-state index in [0.29, 0.717) is 5.82 Å². The van der Waals surface area contributed by atoms with Gasteiger partial charge in [-0.15, -0.1) is 0 Å². The molecule has 5 aromatic rings. The highest BCUT2D eigenvalue weighted by Gasteiger charge is 2.10. The molecule has 6 nitrogen and oxygen atoms in total. The van der Waals surface area contributed by atoms with Crippen LogP contribution in [0.3, 0.4) is 0 Å². The van der Waals surface area contributed by atoms with Crippen molar-refractivity contribution in [2.75, 3.05) is 11.9 Å². The molecule has 4 heterocycles. The van der Waals surface area contributed by atoms with E-state index in [1.807, 2.05) is 42.6 Å². The summed E-state index contributed by atoms with van der Waals surface area (Å²) >= 11 is 0. The van der Waals surface area contributed by atoms with Crippen molar-refractivity contribution in [3.8, 4) is 22.8 Å². The third kappa shape index (κ3) is 3.89. The summed E-state index contributed by atoms with van der Waals surface area (Å²) in [6, 6.07) is 20.2. The van der Waals surface area contributed by atoms with Gasteiger partial charge in [-0.3, -0.25) is 9.97 Å². The standard InChI is InChI=1S/C24H20N6/c1-2-11-26-20(5-1)24-29-22(19-4-3-10-25-16-19)15-23(30-24)28-12-8-17-6-7-18-9-13-27-21(18)14-17/h1-7,9-11,13-16,27H,8,12H2,(H,28,29,30). The van der Waals surface area contributed by atoms with E-state index in [2.05, 4.69) is 44.5 Å². The zero-order valence-corrected chi connectivity index (χ0v) is 16.3. The minimum Gasteiger partial charge on any atom is -0.370 e. The van der Waals surface area contributed by atoms with Crippen molar-refractivity contribution >= 4 is 16.7 Å². The average Bonchev–Trinajstić information content (AvgIpc) is 3.28. The maximum absolute atomic E-state index is 4.71. The molecule has 0 radical (unpaired) electrons. The Kier molecular flexibility index (Phi) is 4.88. The van der Waals surface area contributed by atoms with Gasteiger partial charge >= 0.3 is 0 Å². The zero-order chi connectivity index (χ0) is 20.2. The number of pyridine rings is 2. The smallest absolute Gasteiger partial charge is 0.180 e. The van der Waals surface area contributed by atoms with Crippen molar-refractivity contribution in [2.24, 2.45) is 0 Å². The summed E-state index contributed by atoms with van der Waals surface area (Å²) in [7, 11) is 0. The maximum Gasteiger partial charge on any atom is 0.180 e. The van der Waals surface area contributed by atoms with Crippen LogP contribution in [0.25, 0.3) is 33.7 Å². The van der Waals surface area contributed by atoms with Crippen LogP contribution in [0.4, 0.5) is 5.82 Å². The monoisotopic (exact) mass is 392 g/mol. The molecule has 0 atom stereocenters. The SMILES string of the molecule is c1ccc(-c2nc(NCCc3ccc4cc[nH]c4c3)cc(-c3cccnc3)n2)nc1. The fraction of sp³-hybridized carbons (Fsp3) is 0.0833. The number of hydrogen-bond acceptors (Lipinski definition) is 5. The molecule has 0 saturated heterocycles. The Morgan fingerprint density at radius 1 is 0.867 bits per heavy atom. The molecule has 6 heteroatoms. The number of hydrogen-bond donors (Lipinski definition) is 2. The number of anilines is 1. The fourth-order valence-electron chi connectivity index (χ4n) is 3.39. The number of nitrogens with zero attached hydrogens (tertiary/aromatic N) is 4. The highest BCUT2D eigenvalue weighted by Crippen LogP contribution is 2.23. The van der Waals surface area contributed by atoms with Gasteiger partial charge < -0.3 is 10.3 Å². The quantitative estimate of drug-likeness (QED) is 0.436. The van der Waals surface area contributed by atoms with E-state index in [1.54, 1.807) is 18.6 Å². The van der Waals surface area contributed by atoms with Gasteiger partial charge in [-0.2, -0.15) is 0 Å². The van der Waals surface area contributed by atoms with E-state index >= 15 is 0 Å². The minimum absolute atomic E-state index is 0.590. The van der Waals surface area contributed by atoms with E-state index < -0.39 is 0 Å². The zero-order valence-electron chi connectivity index (χ0n) is 16.3. The Balaban J connectivity index is 1.40. The molecule has 0 amide bonds. The normalized spacial score (nSPS) is 10.9. The van der Waals surface area contributed by atoms with Gasteiger partial charge in [0.25, 0.3) is 0 Å². The van der Waals surface area contributed by atoms with Crippen LogP contribution in [0.2, 0.25) is 0 Å². The maximum atomic E-state index is 4.71. The highest BCUT2D eigenvalue weighted by molar-refractivity contribution is 5.79. The van der Waals surface area contributed by atoms with Crippen molar-refractivity contribution in [1.82, 2.24) is 24.9 Å². The van der Waals surface area contributed by atoms with Crippen LogP contribution in [0.1, 0.15) is 5.56 Å². The number of rotatable bonds is 6. The molecular formula is C24H20N6. The summed E-state index contributed by atoms with van der Waals surface area (Å²) in [5, 5.41) is 4.67. The molecular weight excluding hydrogens is 372 g/mol. The summed E-state index contributed by atoms with van der Waals surface area (Å²) in [6.45, 7) is 0.761. The number of aromatic amines is 1. The van der Waals surface area contributed by atoms with Gasteiger partial charge in [0.2, 0.25) is 0 Å². The van der Waals surface area contributed by atoms with Gasteiger partial charge in [0, 0.05) is 48.5 Å². The van der Waals surface area contributed by atoms with Crippen molar-refractivity contribution < 1.29 is 0 Å². The van der Waals surface area contributed by atoms with E-state index in [9.17, 15) is 0 Å². The second-order valence-electron chi connectivity index (χ2n) is 6.99. The van der Waals surface area contributed by atoms with Crippen molar-refractivity contribution in [3.63, 3.8) is 0 Å².